The summed E-state index contributed by atoms with van der Waals surface area (Å²) in [5, 5.41) is 9.30. The molecule has 0 aliphatic carbocycles. The highest BCUT2D eigenvalue weighted by Crippen LogP contribution is 2.22. The molecule has 1 aromatic heterocycles. The third-order valence-electron chi connectivity index (χ3n) is 2.16. The standard InChI is InChI=1S/C12H8ClN3OS/c13-9-1-3-10(4-2-9)18-7-11-15-6-8(5-14)12(17)16-11/h1-4,6H,7H2,(H,15,16,17). The maximum Gasteiger partial charge on any atom is 0.268 e. The van der Waals surface area contributed by atoms with Gasteiger partial charge in [0, 0.05) is 9.92 Å². The van der Waals surface area contributed by atoms with E-state index in [1.54, 1.807) is 18.2 Å². The van der Waals surface area contributed by atoms with Gasteiger partial charge in [-0.05, 0) is 24.3 Å². The van der Waals surface area contributed by atoms with E-state index < -0.39 is 5.56 Å². The summed E-state index contributed by atoms with van der Waals surface area (Å²) in [6.45, 7) is 0. The number of thioether (sulfide) groups is 1. The Hall–Kier alpha value is -1.77. The second kappa shape index (κ2) is 5.71. The fraction of sp³-hybridized carbons (Fsp3) is 0.0833. The molecule has 1 N–H and O–H groups in total. The molecule has 4 nitrogen and oxygen atoms in total. The average molecular weight is 278 g/mol. The lowest BCUT2D eigenvalue weighted by atomic mass is 10.4. The fourth-order valence-electron chi connectivity index (χ4n) is 1.27. The monoisotopic (exact) mass is 277 g/mol. The maximum atomic E-state index is 11.4. The Labute approximate surface area is 113 Å². The maximum absolute atomic E-state index is 11.4. The van der Waals surface area contributed by atoms with Gasteiger partial charge >= 0.3 is 0 Å². The van der Waals surface area contributed by atoms with Gasteiger partial charge in [-0.1, -0.05) is 11.6 Å². The van der Waals surface area contributed by atoms with Crippen molar-refractivity contribution >= 4 is 23.4 Å². The molecule has 0 saturated carbocycles. The van der Waals surface area contributed by atoms with Crippen molar-refractivity contribution in [1.29, 1.82) is 5.26 Å². The SMILES string of the molecule is N#Cc1cnc(CSc2ccc(Cl)cc2)[nH]c1=O. The highest BCUT2D eigenvalue weighted by Gasteiger charge is 2.02. The summed E-state index contributed by atoms with van der Waals surface area (Å²) in [5.74, 6) is 1.07. The first-order valence-electron chi connectivity index (χ1n) is 5.05. The van der Waals surface area contributed by atoms with Crippen molar-refractivity contribution in [3.63, 3.8) is 0 Å². The van der Waals surface area contributed by atoms with Gasteiger partial charge in [0.2, 0.25) is 0 Å². The van der Waals surface area contributed by atoms with E-state index in [-0.39, 0.29) is 5.56 Å². The van der Waals surface area contributed by atoms with Crippen LogP contribution < -0.4 is 5.56 Å². The first-order chi connectivity index (χ1) is 8.69. The van der Waals surface area contributed by atoms with Crippen molar-refractivity contribution in [2.24, 2.45) is 0 Å². The summed E-state index contributed by atoms with van der Waals surface area (Å²) >= 11 is 7.31. The van der Waals surface area contributed by atoms with Crippen LogP contribution in [0.25, 0.3) is 0 Å². The van der Waals surface area contributed by atoms with Gasteiger partial charge in [-0.2, -0.15) is 5.26 Å². The van der Waals surface area contributed by atoms with Gasteiger partial charge in [-0.3, -0.25) is 4.79 Å². The molecule has 6 heteroatoms. The van der Waals surface area contributed by atoms with Crippen LogP contribution in [0.2, 0.25) is 5.02 Å². The van der Waals surface area contributed by atoms with Crippen LogP contribution in [-0.4, -0.2) is 9.97 Å². The van der Waals surface area contributed by atoms with E-state index in [1.165, 1.54) is 18.0 Å². The van der Waals surface area contributed by atoms with Crippen LogP contribution in [0, 0.1) is 11.3 Å². The molecule has 0 aliphatic rings. The minimum Gasteiger partial charge on any atom is -0.309 e. The van der Waals surface area contributed by atoms with Crippen LogP contribution >= 0.6 is 23.4 Å². The van der Waals surface area contributed by atoms with Crippen LogP contribution in [0.15, 0.2) is 40.2 Å². The van der Waals surface area contributed by atoms with E-state index in [2.05, 4.69) is 9.97 Å². The fourth-order valence-corrected chi connectivity index (χ4v) is 2.17. The Morgan fingerprint density at radius 1 is 1.39 bits per heavy atom. The predicted octanol–water partition coefficient (Wildman–Crippen LogP) is 2.59. The van der Waals surface area contributed by atoms with Crippen LogP contribution in [0.3, 0.4) is 0 Å². The smallest absolute Gasteiger partial charge is 0.268 e. The lowest BCUT2D eigenvalue weighted by molar-refractivity contribution is 0.992. The van der Waals surface area contributed by atoms with Gasteiger partial charge in [0.1, 0.15) is 17.5 Å². The van der Waals surface area contributed by atoms with Crippen LogP contribution in [0.4, 0.5) is 0 Å². The number of rotatable bonds is 3. The zero-order valence-corrected chi connectivity index (χ0v) is 10.8. The summed E-state index contributed by atoms with van der Waals surface area (Å²) in [6, 6.07) is 9.18. The van der Waals surface area contributed by atoms with Crippen LogP contribution in [-0.2, 0) is 5.75 Å². The molecule has 0 amide bonds. The Kier molecular flexibility index (Phi) is 4.03. The number of halogens is 1. The lowest BCUT2D eigenvalue weighted by Gasteiger charge is -2.01. The van der Waals surface area contributed by atoms with Crippen molar-refractivity contribution in [3.05, 3.63) is 57.2 Å². The third-order valence-corrected chi connectivity index (χ3v) is 3.44. The Morgan fingerprint density at radius 2 is 2.11 bits per heavy atom. The van der Waals surface area contributed by atoms with E-state index in [0.717, 1.165) is 4.90 Å². The molecule has 0 spiro atoms. The van der Waals surface area contributed by atoms with E-state index in [9.17, 15) is 4.79 Å². The highest BCUT2D eigenvalue weighted by atomic mass is 35.5. The minimum absolute atomic E-state index is 0.0234. The normalized spacial score (nSPS) is 10.0. The molecule has 0 unspecified atom stereocenters. The van der Waals surface area contributed by atoms with Gasteiger partial charge < -0.3 is 4.98 Å². The van der Waals surface area contributed by atoms with E-state index >= 15 is 0 Å². The second-order valence-corrected chi connectivity index (χ2v) is 4.91. The molecule has 1 aromatic carbocycles. The first kappa shape index (κ1) is 12.7. The Morgan fingerprint density at radius 3 is 2.72 bits per heavy atom. The molecule has 0 bridgehead atoms. The molecule has 0 saturated heterocycles. The van der Waals surface area contributed by atoms with Gasteiger partial charge in [0.25, 0.3) is 5.56 Å². The van der Waals surface area contributed by atoms with E-state index in [0.29, 0.717) is 16.6 Å². The molecule has 2 aromatic rings. The van der Waals surface area contributed by atoms with Crippen LogP contribution in [0.1, 0.15) is 11.4 Å². The number of nitriles is 1. The molecular weight excluding hydrogens is 270 g/mol. The molecule has 90 valence electrons. The number of aromatic amines is 1. The lowest BCUT2D eigenvalue weighted by Crippen LogP contribution is -2.13. The quantitative estimate of drug-likeness (QED) is 0.876. The van der Waals surface area contributed by atoms with Crippen LogP contribution in [0.5, 0.6) is 0 Å². The number of hydrogen-bond acceptors (Lipinski definition) is 4. The summed E-state index contributed by atoms with van der Waals surface area (Å²) in [4.78, 5) is 19.0. The van der Waals surface area contributed by atoms with Crippen molar-refractivity contribution in [1.82, 2.24) is 9.97 Å². The van der Waals surface area contributed by atoms with Gasteiger partial charge in [-0.15, -0.1) is 11.8 Å². The summed E-state index contributed by atoms with van der Waals surface area (Å²) in [7, 11) is 0. The molecular formula is C12H8ClN3OS. The van der Waals surface area contributed by atoms with Crippen molar-refractivity contribution < 1.29 is 0 Å². The van der Waals surface area contributed by atoms with Gasteiger partial charge in [-0.25, -0.2) is 4.98 Å². The average Bonchev–Trinajstić information content (AvgIpc) is 2.38. The summed E-state index contributed by atoms with van der Waals surface area (Å²) < 4.78 is 0. The summed E-state index contributed by atoms with van der Waals surface area (Å²) in [5.41, 5.74) is -0.380. The topological polar surface area (TPSA) is 69.5 Å². The van der Waals surface area contributed by atoms with Gasteiger partial charge in [0.15, 0.2) is 0 Å². The molecule has 0 aliphatic heterocycles. The molecule has 18 heavy (non-hydrogen) atoms. The molecule has 0 atom stereocenters. The number of nitrogens with one attached hydrogen (secondary N) is 1. The van der Waals surface area contributed by atoms with Crippen molar-refractivity contribution in [2.45, 2.75) is 10.6 Å². The summed E-state index contributed by atoms with van der Waals surface area (Å²) in [6.07, 6.45) is 1.29. The number of benzene rings is 1. The Bertz CT molecular complexity index is 646. The number of H-pyrrole nitrogens is 1. The first-order valence-corrected chi connectivity index (χ1v) is 6.42. The zero-order chi connectivity index (χ0) is 13.0. The molecule has 2 rings (SSSR count). The third kappa shape index (κ3) is 3.13. The number of aromatic nitrogens is 2. The van der Waals surface area contributed by atoms with E-state index in [1.807, 2.05) is 12.1 Å². The van der Waals surface area contributed by atoms with E-state index in [4.69, 9.17) is 16.9 Å². The largest absolute Gasteiger partial charge is 0.309 e. The highest BCUT2D eigenvalue weighted by molar-refractivity contribution is 7.98. The number of hydrogen-bond donors (Lipinski definition) is 1. The Balaban J connectivity index is 2.07. The molecule has 0 fully saturated rings. The second-order valence-electron chi connectivity index (χ2n) is 3.43. The molecule has 0 radical (unpaired) electrons. The zero-order valence-electron chi connectivity index (χ0n) is 9.18. The van der Waals surface area contributed by atoms with Crippen molar-refractivity contribution in [3.8, 4) is 6.07 Å². The molecule has 1 heterocycles. The van der Waals surface area contributed by atoms with Crippen molar-refractivity contribution in [2.75, 3.05) is 0 Å². The minimum atomic E-state index is -0.404. The number of nitrogens with zero attached hydrogens (tertiary/aromatic N) is 2. The van der Waals surface area contributed by atoms with Gasteiger partial charge in [0.05, 0.1) is 11.9 Å². The predicted molar refractivity (Wildman–Crippen MR) is 70.6 cm³/mol.